The number of rotatable bonds is 11. The summed E-state index contributed by atoms with van der Waals surface area (Å²) >= 11 is 1.49. The number of carbonyl (C=O) groups is 4. The molecule has 0 heterocycles. The third-order valence-electron chi connectivity index (χ3n) is 3.15. The Morgan fingerprint density at radius 2 is 1.70 bits per heavy atom. The Morgan fingerprint density at radius 3 is 2.19 bits per heavy atom. The number of nitrogens with one attached hydrogen (secondary N) is 2. The van der Waals surface area contributed by atoms with Gasteiger partial charge in [0.05, 0.1) is 6.61 Å². The highest BCUT2D eigenvalue weighted by atomic mass is 32.2. The van der Waals surface area contributed by atoms with E-state index >= 15 is 0 Å². The molecular formula is C17H30N2O7S. The normalized spacial score (nSPS) is 13.2. The summed E-state index contributed by atoms with van der Waals surface area (Å²) in [6, 6.07) is -2.03. The van der Waals surface area contributed by atoms with Crippen LogP contribution in [0.2, 0.25) is 0 Å². The molecule has 9 nitrogen and oxygen atoms in total. The number of carboxylic acid groups (broad SMARTS) is 1. The third-order valence-corrected chi connectivity index (χ3v) is 3.80. The maximum absolute atomic E-state index is 12.6. The summed E-state index contributed by atoms with van der Waals surface area (Å²) in [7, 11) is 0. The molecule has 0 spiro atoms. The van der Waals surface area contributed by atoms with Gasteiger partial charge < -0.3 is 25.2 Å². The Labute approximate surface area is 163 Å². The van der Waals surface area contributed by atoms with Gasteiger partial charge in [-0.25, -0.2) is 9.59 Å². The lowest BCUT2D eigenvalue weighted by Crippen LogP contribution is -2.52. The number of ether oxygens (including phenoxy) is 2. The van der Waals surface area contributed by atoms with Gasteiger partial charge in [-0.3, -0.25) is 9.59 Å². The molecule has 10 heteroatoms. The van der Waals surface area contributed by atoms with Crippen LogP contribution in [0.4, 0.5) is 4.79 Å². The van der Waals surface area contributed by atoms with Crippen LogP contribution in [-0.4, -0.2) is 65.3 Å². The smallest absolute Gasteiger partial charge is 0.408 e. The van der Waals surface area contributed by atoms with Crippen LogP contribution in [-0.2, 0) is 23.9 Å². The molecule has 0 aromatic heterocycles. The average molecular weight is 407 g/mol. The third kappa shape index (κ3) is 12.1. The minimum absolute atomic E-state index is 0.102. The van der Waals surface area contributed by atoms with Crippen molar-refractivity contribution in [2.75, 3.05) is 18.6 Å². The Balaban J connectivity index is 5.09. The fraction of sp³-hybridized carbons (Fsp3) is 0.765. The summed E-state index contributed by atoms with van der Waals surface area (Å²) in [5.74, 6) is -1.82. The molecule has 0 radical (unpaired) electrons. The SMILES string of the molecule is CCOC(=O)C(CCC(=O)O)NC(=O)C(CCSC)NC(=O)OC(C)(C)C. The van der Waals surface area contributed by atoms with Gasteiger partial charge >= 0.3 is 18.0 Å². The highest BCUT2D eigenvalue weighted by molar-refractivity contribution is 7.98. The monoisotopic (exact) mass is 406 g/mol. The lowest BCUT2D eigenvalue weighted by molar-refractivity contribution is -0.148. The van der Waals surface area contributed by atoms with Crippen molar-refractivity contribution < 1.29 is 33.8 Å². The van der Waals surface area contributed by atoms with Gasteiger partial charge in [0.2, 0.25) is 5.91 Å². The minimum atomic E-state index is -1.11. The van der Waals surface area contributed by atoms with E-state index in [0.717, 1.165) is 0 Å². The van der Waals surface area contributed by atoms with E-state index in [-0.39, 0.29) is 19.4 Å². The molecule has 3 N–H and O–H groups in total. The maximum Gasteiger partial charge on any atom is 0.408 e. The van der Waals surface area contributed by atoms with Crippen molar-refractivity contribution in [2.45, 2.75) is 64.6 Å². The van der Waals surface area contributed by atoms with Crippen LogP contribution in [0.3, 0.4) is 0 Å². The molecule has 27 heavy (non-hydrogen) atoms. The summed E-state index contributed by atoms with van der Waals surface area (Å²) in [4.78, 5) is 47.3. The van der Waals surface area contributed by atoms with Gasteiger partial charge in [-0.2, -0.15) is 11.8 Å². The minimum Gasteiger partial charge on any atom is -0.481 e. The zero-order chi connectivity index (χ0) is 21.0. The number of esters is 1. The molecule has 0 saturated carbocycles. The second-order valence-electron chi connectivity index (χ2n) is 6.73. The number of carbonyl (C=O) groups excluding carboxylic acids is 3. The predicted octanol–water partition coefficient (Wildman–Crippen LogP) is 1.55. The highest BCUT2D eigenvalue weighted by Gasteiger charge is 2.29. The van der Waals surface area contributed by atoms with Gasteiger partial charge in [-0.05, 0) is 52.5 Å². The van der Waals surface area contributed by atoms with E-state index in [1.165, 1.54) is 11.8 Å². The number of amides is 2. The average Bonchev–Trinajstić information content (AvgIpc) is 2.53. The first-order valence-corrected chi connectivity index (χ1v) is 10.1. The van der Waals surface area contributed by atoms with Gasteiger partial charge in [-0.1, -0.05) is 0 Å². The number of hydrogen-bond donors (Lipinski definition) is 3. The van der Waals surface area contributed by atoms with Crippen molar-refractivity contribution in [3.05, 3.63) is 0 Å². The number of thioether (sulfide) groups is 1. The zero-order valence-electron chi connectivity index (χ0n) is 16.5. The number of alkyl carbamates (subject to hydrolysis) is 1. The first-order chi connectivity index (χ1) is 12.5. The second kappa shape index (κ2) is 12.4. The Morgan fingerprint density at radius 1 is 1.07 bits per heavy atom. The van der Waals surface area contributed by atoms with E-state index in [2.05, 4.69) is 10.6 Å². The molecule has 0 saturated heterocycles. The topological polar surface area (TPSA) is 131 Å². The maximum atomic E-state index is 12.6. The summed E-state index contributed by atoms with van der Waals surface area (Å²) < 4.78 is 10.0. The van der Waals surface area contributed by atoms with Crippen molar-refractivity contribution in [3.63, 3.8) is 0 Å². The lowest BCUT2D eigenvalue weighted by atomic mass is 10.1. The Bertz CT molecular complexity index is 520. The Hall–Kier alpha value is -1.97. The molecule has 0 aromatic carbocycles. The summed E-state index contributed by atoms with van der Waals surface area (Å²) in [6.45, 7) is 6.81. The van der Waals surface area contributed by atoms with Crippen LogP contribution < -0.4 is 10.6 Å². The van der Waals surface area contributed by atoms with Crippen molar-refractivity contribution >= 4 is 35.7 Å². The molecule has 156 valence electrons. The first kappa shape index (κ1) is 25.0. The van der Waals surface area contributed by atoms with Gasteiger partial charge in [0.25, 0.3) is 0 Å². The molecule has 2 unspecified atom stereocenters. The van der Waals surface area contributed by atoms with Crippen LogP contribution in [0.1, 0.15) is 47.0 Å². The second-order valence-corrected chi connectivity index (χ2v) is 7.71. The van der Waals surface area contributed by atoms with Crippen LogP contribution >= 0.6 is 11.8 Å². The quantitative estimate of drug-likeness (QED) is 0.440. The van der Waals surface area contributed by atoms with E-state index in [0.29, 0.717) is 12.2 Å². The van der Waals surface area contributed by atoms with Crippen molar-refractivity contribution in [1.29, 1.82) is 0 Å². The molecule has 0 rings (SSSR count). The van der Waals surface area contributed by atoms with Crippen LogP contribution in [0.5, 0.6) is 0 Å². The number of aliphatic carboxylic acids is 1. The summed E-state index contributed by atoms with van der Waals surface area (Å²) in [5.41, 5.74) is -0.723. The molecule has 2 atom stereocenters. The van der Waals surface area contributed by atoms with Crippen molar-refractivity contribution in [1.82, 2.24) is 10.6 Å². The number of hydrogen-bond acceptors (Lipinski definition) is 7. The van der Waals surface area contributed by atoms with Gasteiger partial charge in [0.15, 0.2) is 0 Å². The Kier molecular flexibility index (Phi) is 11.5. The summed E-state index contributed by atoms with van der Waals surface area (Å²) in [6.07, 6.45) is 1.01. The molecule has 0 aromatic rings. The van der Waals surface area contributed by atoms with Crippen LogP contribution in [0.15, 0.2) is 0 Å². The van der Waals surface area contributed by atoms with Crippen LogP contribution in [0, 0.1) is 0 Å². The number of carboxylic acids is 1. The molecule has 0 aliphatic carbocycles. The van der Waals surface area contributed by atoms with E-state index in [9.17, 15) is 19.2 Å². The summed E-state index contributed by atoms with van der Waals surface area (Å²) in [5, 5.41) is 13.8. The highest BCUT2D eigenvalue weighted by Crippen LogP contribution is 2.09. The fourth-order valence-electron chi connectivity index (χ4n) is 1.99. The van der Waals surface area contributed by atoms with Gasteiger partial charge in [0.1, 0.15) is 17.7 Å². The molecule has 2 amide bonds. The van der Waals surface area contributed by atoms with Gasteiger partial charge in [-0.15, -0.1) is 0 Å². The largest absolute Gasteiger partial charge is 0.481 e. The lowest BCUT2D eigenvalue weighted by Gasteiger charge is -2.24. The molecule has 0 aliphatic heterocycles. The molecule has 0 fully saturated rings. The van der Waals surface area contributed by atoms with E-state index in [4.69, 9.17) is 14.6 Å². The van der Waals surface area contributed by atoms with Gasteiger partial charge in [0, 0.05) is 6.42 Å². The fourth-order valence-corrected chi connectivity index (χ4v) is 2.46. The molecule has 0 aliphatic rings. The molecular weight excluding hydrogens is 376 g/mol. The van der Waals surface area contributed by atoms with Crippen molar-refractivity contribution in [3.8, 4) is 0 Å². The van der Waals surface area contributed by atoms with Crippen LogP contribution in [0.25, 0.3) is 0 Å². The zero-order valence-corrected chi connectivity index (χ0v) is 17.3. The van der Waals surface area contributed by atoms with E-state index in [1.807, 2.05) is 6.26 Å². The standard InChI is InChI=1S/C17H30N2O7S/c1-6-25-15(23)12(7-8-13(20)21)18-14(22)11(9-10-27-5)19-16(24)26-17(2,3)4/h11-12H,6-10H2,1-5H3,(H,18,22)(H,19,24)(H,20,21). The van der Waals surface area contributed by atoms with Crippen molar-refractivity contribution in [2.24, 2.45) is 0 Å². The predicted molar refractivity (Wildman–Crippen MR) is 102 cm³/mol. The first-order valence-electron chi connectivity index (χ1n) is 8.67. The molecule has 0 bridgehead atoms. The van der Waals surface area contributed by atoms with E-state index < -0.39 is 41.6 Å². The van der Waals surface area contributed by atoms with E-state index in [1.54, 1.807) is 27.7 Å².